The number of nitrogens with two attached hydrogens (primary N) is 1. The highest BCUT2D eigenvalue weighted by Crippen LogP contribution is 2.36. The van der Waals surface area contributed by atoms with Gasteiger partial charge < -0.3 is 10.2 Å². The highest BCUT2D eigenvalue weighted by atomic mass is 35.5. The van der Waals surface area contributed by atoms with Crippen LogP contribution in [0.15, 0.2) is 28.7 Å². The smallest absolute Gasteiger partial charge is 0.138 e. The third-order valence-electron chi connectivity index (χ3n) is 3.06. The Kier molecular flexibility index (Phi) is 3.26. The molecule has 2 aromatic heterocycles. The molecular weight excluding hydrogens is 282 g/mol. The number of hydrogen-bond donors (Lipinski definition) is 1. The van der Waals surface area contributed by atoms with Gasteiger partial charge >= 0.3 is 0 Å². The first-order valence-corrected chi connectivity index (χ1v) is 7.08. The van der Waals surface area contributed by atoms with Gasteiger partial charge in [-0.3, -0.25) is 0 Å². The van der Waals surface area contributed by atoms with Crippen molar-refractivity contribution in [3.63, 3.8) is 0 Å². The molecule has 2 N–H and O–H groups in total. The molecule has 0 saturated carbocycles. The molecule has 0 spiro atoms. The maximum Gasteiger partial charge on any atom is 0.138 e. The third kappa shape index (κ3) is 2.14. The van der Waals surface area contributed by atoms with Crippen LogP contribution in [0.1, 0.15) is 25.1 Å². The molecule has 4 nitrogen and oxygen atoms in total. The van der Waals surface area contributed by atoms with Crippen LogP contribution >= 0.6 is 23.3 Å². The predicted octanol–water partition coefficient (Wildman–Crippen LogP) is 4.01. The Morgan fingerprint density at radius 2 is 2.16 bits per heavy atom. The molecule has 1 atom stereocenters. The van der Waals surface area contributed by atoms with Gasteiger partial charge in [0.15, 0.2) is 0 Å². The minimum Gasteiger partial charge on any atom is -0.459 e. The van der Waals surface area contributed by atoms with Gasteiger partial charge in [0.1, 0.15) is 22.6 Å². The van der Waals surface area contributed by atoms with E-state index in [1.54, 1.807) is 0 Å². The van der Waals surface area contributed by atoms with Crippen molar-refractivity contribution in [2.24, 2.45) is 5.73 Å². The van der Waals surface area contributed by atoms with Crippen LogP contribution in [0.2, 0.25) is 5.02 Å². The van der Waals surface area contributed by atoms with E-state index in [9.17, 15) is 0 Å². The van der Waals surface area contributed by atoms with Gasteiger partial charge in [-0.15, -0.1) is 0 Å². The van der Waals surface area contributed by atoms with E-state index >= 15 is 0 Å². The quantitative estimate of drug-likeness (QED) is 0.792. The van der Waals surface area contributed by atoms with E-state index in [4.69, 9.17) is 21.8 Å². The van der Waals surface area contributed by atoms with Crippen molar-refractivity contribution < 1.29 is 4.42 Å². The number of nitrogens with zero attached hydrogens (tertiary/aromatic N) is 2. The molecule has 98 valence electrons. The van der Waals surface area contributed by atoms with E-state index in [0.717, 1.165) is 40.5 Å². The summed E-state index contributed by atoms with van der Waals surface area (Å²) in [5.41, 5.74) is 8.33. The first kappa shape index (κ1) is 12.6. The summed E-state index contributed by atoms with van der Waals surface area (Å²) in [5, 5.41) is 0.603. The van der Waals surface area contributed by atoms with Crippen molar-refractivity contribution in [2.45, 2.75) is 19.4 Å². The van der Waals surface area contributed by atoms with Crippen LogP contribution in [0.4, 0.5) is 0 Å². The number of hydrogen-bond acceptors (Lipinski definition) is 5. The molecule has 2 heterocycles. The van der Waals surface area contributed by atoms with Crippen molar-refractivity contribution in [3.8, 4) is 11.3 Å². The highest BCUT2D eigenvalue weighted by Gasteiger charge is 2.17. The summed E-state index contributed by atoms with van der Waals surface area (Å²) in [5.74, 6) is 1.44. The van der Waals surface area contributed by atoms with Gasteiger partial charge in [-0.1, -0.05) is 18.5 Å². The Bertz CT molecular complexity index is 722. The largest absolute Gasteiger partial charge is 0.459 e. The number of fused-ring (bicyclic) bond motifs is 1. The average Bonchev–Trinajstić information content (AvgIpc) is 3.06. The van der Waals surface area contributed by atoms with Gasteiger partial charge in [0.2, 0.25) is 0 Å². The molecular formula is C13H12ClN3OS. The molecule has 0 radical (unpaired) electrons. The van der Waals surface area contributed by atoms with Crippen molar-refractivity contribution in [3.05, 3.63) is 35.0 Å². The van der Waals surface area contributed by atoms with Crippen molar-refractivity contribution >= 4 is 34.4 Å². The summed E-state index contributed by atoms with van der Waals surface area (Å²) in [6, 6.07) is 7.33. The lowest BCUT2D eigenvalue weighted by Gasteiger charge is -2.05. The van der Waals surface area contributed by atoms with E-state index in [1.807, 2.05) is 31.2 Å². The van der Waals surface area contributed by atoms with Crippen molar-refractivity contribution in [1.29, 1.82) is 0 Å². The average molecular weight is 294 g/mol. The zero-order valence-corrected chi connectivity index (χ0v) is 11.8. The normalized spacial score (nSPS) is 13.0. The zero-order valence-electron chi connectivity index (χ0n) is 10.3. The Morgan fingerprint density at radius 1 is 1.32 bits per heavy atom. The van der Waals surface area contributed by atoms with Gasteiger partial charge in [-0.2, -0.15) is 8.75 Å². The van der Waals surface area contributed by atoms with E-state index in [-0.39, 0.29) is 6.04 Å². The van der Waals surface area contributed by atoms with Crippen LogP contribution in [-0.4, -0.2) is 8.75 Å². The molecule has 6 heteroatoms. The maximum atomic E-state index is 6.26. The number of halogens is 1. The third-order valence-corrected chi connectivity index (χ3v) is 3.91. The predicted molar refractivity (Wildman–Crippen MR) is 77.3 cm³/mol. The standard InChI is InChI=1S/C13H12ClN3OS/c1-2-8(15)10-5-6-11(18-10)12-7(14)3-4-9-13(12)17-19-16-9/h3-6,8H,2,15H2,1H3. The molecule has 0 fully saturated rings. The molecule has 3 aromatic rings. The first-order valence-electron chi connectivity index (χ1n) is 5.97. The topological polar surface area (TPSA) is 64.9 Å². The highest BCUT2D eigenvalue weighted by molar-refractivity contribution is 7.00. The fourth-order valence-electron chi connectivity index (χ4n) is 1.95. The molecule has 0 bridgehead atoms. The number of rotatable bonds is 3. The molecule has 0 aliphatic rings. The summed E-state index contributed by atoms with van der Waals surface area (Å²) in [7, 11) is 0. The van der Waals surface area contributed by atoms with Crippen LogP contribution in [0.5, 0.6) is 0 Å². The van der Waals surface area contributed by atoms with Gasteiger partial charge in [-0.05, 0) is 30.7 Å². The van der Waals surface area contributed by atoms with Crippen LogP contribution in [0.25, 0.3) is 22.4 Å². The molecule has 0 saturated heterocycles. The lowest BCUT2D eigenvalue weighted by molar-refractivity contribution is 0.470. The molecule has 3 rings (SSSR count). The summed E-state index contributed by atoms with van der Waals surface area (Å²) in [6.45, 7) is 2.02. The fourth-order valence-corrected chi connectivity index (χ4v) is 2.74. The minimum atomic E-state index is -0.0970. The molecule has 0 amide bonds. The number of furan rings is 1. The minimum absolute atomic E-state index is 0.0970. The first-order chi connectivity index (χ1) is 9.20. The second-order valence-corrected chi connectivity index (χ2v) is 5.21. The molecule has 0 aliphatic heterocycles. The van der Waals surface area contributed by atoms with Crippen LogP contribution in [0, 0.1) is 0 Å². The van der Waals surface area contributed by atoms with Crippen molar-refractivity contribution in [2.75, 3.05) is 0 Å². The summed E-state index contributed by atoms with van der Waals surface area (Å²) < 4.78 is 14.3. The van der Waals surface area contributed by atoms with Gasteiger partial charge in [0.25, 0.3) is 0 Å². The lowest BCUT2D eigenvalue weighted by atomic mass is 10.1. The van der Waals surface area contributed by atoms with Gasteiger partial charge in [-0.25, -0.2) is 0 Å². The van der Waals surface area contributed by atoms with Crippen LogP contribution in [-0.2, 0) is 0 Å². The van der Waals surface area contributed by atoms with E-state index in [1.165, 1.54) is 0 Å². The van der Waals surface area contributed by atoms with Gasteiger partial charge in [0, 0.05) is 0 Å². The van der Waals surface area contributed by atoms with Crippen LogP contribution < -0.4 is 5.73 Å². The summed E-state index contributed by atoms with van der Waals surface area (Å²) in [6.07, 6.45) is 0.823. The lowest BCUT2D eigenvalue weighted by Crippen LogP contribution is -2.06. The van der Waals surface area contributed by atoms with Crippen LogP contribution in [0.3, 0.4) is 0 Å². The maximum absolute atomic E-state index is 6.26. The number of aromatic nitrogens is 2. The Hall–Kier alpha value is -1.43. The molecule has 1 aromatic carbocycles. The van der Waals surface area contributed by atoms with E-state index < -0.39 is 0 Å². The molecule has 1 unspecified atom stereocenters. The fraction of sp³-hybridized carbons (Fsp3) is 0.231. The molecule has 0 aliphatic carbocycles. The SMILES string of the molecule is CCC(N)c1ccc(-c2c(Cl)ccc3nsnc23)o1. The van der Waals surface area contributed by atoms with E-state index in [0.29, 0.717) is 10.8 Å². The second-order valence-electron chi connectivity index (χ2n) is 4.27. The molecule has 19 heavy (non-hydrogen) atoms. The summed E-state index contributed by atoms with van der Waals surface area (Å²) in [4.78, 5) is 0. The number of benzene rings is 1. The summed E-state index contributed by atoms with van der Waals surface area (Å²) >= 11 is 7.43. The second kappa shape index (κ2) is 4.92. The zero-order chi connectivity index (χ0) is 13.4. The van der Waals surface area contributed by atoms with Crippen molar-refractivity contribution in [1.82, 2.24) is 8.75 Å². The van der Waals surface area contributed by atoms with E-state index in [2.05, 4.69) is 8.75 Å². The Balaban J connectivity index is 2.16. The Labute approximate surface area is 119 Å². The Morgan fingerprint density at radius 3 is 2.95 bits per heavy atom. The monoisotopic (exact) mass is 293 g/mol. The van der Waals surface area contributed by atoms with Gasteiger partial charge in [0.05, 0.1) is 28.4 Å².